The molecule has 0 aliphatic carbocycles. The number of nitrogens with one attached hydrogen (secondary N) is 1. The van der Waals surface area contributed by atoms with Crippen LogP contribution in [0.15, 0.2) is 89.9 Å². The van der Waals surface area contributed by atoms with Gasteiger partial charge in [-0.25, -0.2) is 18.8 Å². The SMILES string of the molecule is COc1ccc(C(OC[C@H]2O[C@@H]3C[C@@H]2OP(=O)(OC)OC[C@H]2O[C@H](C[C@@H]2OP(OCCC#N)N(C(C)C)C(C)C)n2cc(C)c(nc2=O)[C@@H]2N3C(=O)NC(=O)C2(C)SSC)(c2ccccc2)c2ccc(OC)cc2)cc1. The summed E-state index contributed by atoms with van der Waals surface area (Å²) in [5.74, 6) is 0.648. The number of aryl methyl sites for hydroxylation is 1. The molecule has 0 radical (unpaired) electrons. The molecule has 9 rings (SSSR count). The number of aromatic nitrogens is 2. The number of phosphoric acid groups is 1. The Balaban J connectivity index is 1.26. The topological polar surface area (TPSA) is 221 Å². The molecule has 3 saturated heterocycles. The number of methoxy groups -OCH3 is 2. The highest BCUT2D eigenvalue weighted by Gasteiger charge is 2.58. The number of imide groups is 1. The van der Waals surface area contributed by atoms with Crippen molar-refractivity contribution in [2.24, 2.45) is 0 Å². The van der Waals surface area contributed by atoms with Crippen molar-refractivity contribution in [3.05, 3.63) is 123 Å². The number of benzene rings is 3. The van der Waals surface area contributed by atoms with Crippen molar-refractivity contribution in [2.75, 3.05) is 47.4 Å². The van der Waals surface area contributed by atoms with E-state index in [9.17, 15) is 19.6 Å². The smallest absolute Gasteiger partial charge is 0.474 e. The molecule has 5 aliphatic heterocycles. The highest BCUT2D eigenvalue weighted by molar-refractivity contribution is 8.77. The van der Waals surface area contributed by atoms with Gasteiger partial charge in [0.25, 0.3) is 8.53 Å². The first-order valence-electron chi connectivity index (χ1n) is 24.9. The zero-order valence-electron chi connectivity index (χ0n) is 44.2. The lowest BCUT2D eigenvalue weighted by molar-refractivity contribution is -0.134. The van der Waals surface area contributed by atoms with Gasteiger partial charge in [0.15, 0.2) is 0 Å². The fourth-order valence-corrected chi connectivity index (χ4v) is 15.4. The summed E-state index contributed by atoms with van der Waals surface area (Å²) in [7, 11) is 0.458. The van der Waals surface area contributed by atoms with Crippen LogP contribution in [-0.2, 0) is 51.8 Å². The van der Waals surface area contributed by atoms with E-state index in [1.165, 1.54) is 38.2 Å². The minimum atomic E-state index is -4.60. The lowest BCUT2D eigenvalue weighted by Crippen LogP contribution is -2.65. The Bertz CT molecular complexity index is 2760. The molecule has 410 valence electrons. The number of fused-ring (bicyclic) bond motifs is 5. The molecule has 4 aromatic rings. The molecule has 6 heterocycles. The van der Waals surface area contributed by atoms with Crippen LogP contribution in [0, 0.1) is 18.3 Å². The maximum atomic E-state index is 15.1. The summed E-state index contributed by atoms with van der Waals surface area (Å²) in [5.41, 5.74) is 0.769. The largest absolute Gasteiger partial charge is 0.497 e. The quantitative estimate of drug-likeness (QED) is 0.0400. The molecule has 0 spiro atoms. The molecular formula is C52H66N6O14P2S2. The minimum Gasteiger partial charge on any atom is -0.497 e. The van der Waals surface area contributed by atoms with Crippen LogP contribution < -0.4 is 20.5 Å². The van der Waals surface area contributed by atoms with E-state index in [0.29, 0.717) is 17.1 Å². The lowest BCUT2D eigenvalue weighted by Gasteiger charge is -2.47. The average Bonchev–Trinajstić information content (AvgIpc) is 4.04. The molecule has 20 nitrogen and oxygen atoms in total. The summed E-state index contributed by atoms with van der Waals surface area (Å²) in [4.78, 5) is 49.5. The maximum absolute atomic E-state index is 15.1. The molecule has 6 bridgehead atoms. The van der Waals surface area contributed by atoms with E-state index in [4.69, 9.17) is 46.3 Å². The standard InChI is InChI=1S/C52H66N6O14P2S2/c1-32(2)58(33(3)4)73(67-26-14-25-53)71-40-27-44-56-29-34(5)46(54-49(56)60)47-51(6,76-75-10)48(59)55-50(61)57(47)45-28-41(72-74(62,65-9)68-31-43(40)69-44)42(70-45)30-66-52(35-15-12-11-13-16-35,36-17-21-38(63-7)22-18-36)37-19-23-39(64-8)24-20-37/h11-13,15-24,29,32-33,40-45,47H,14,26-28,30-31H2,1-10H3,(H,55,59,61)/t40-,41-,42+,43+,44+,45+,47-,51?,73?,74?/m0/s1. The summed E-state index contributed by atoms with van der Waals surface area (Å²) in [6, 6.07) is 24.7. The van der Waals surface area contributed by atoms with Gasteiger partial charge in [0.1, 0.15) is 58.7 Å². The van der Waals surface area contributed by atoms with Gasteiger partial charge in [-0.05, 0) is 94.3 Å². The van der Waals surface area contributed by atoms with Crippen molar-refractivity contribution < 1.29 is 60.5 Å². The van der Waals surface area contributed by atoms with Crippen LogP contribution >= 0.6 is 37.9 Å². The molecule has 1 aromatic heterocycles. The second-order valence-corrected chi connectivity index (χ2v) is 25.2. The van der Waals surface area contributed by atoms with E-state index in [0.717, 1.165) is 16.7 Å². The summed E-state index contributed by atoms with van der Waals surface area (Å²) in [6.45, 7) is 10.9. The fourth-order valence-electron chi connectivity index (χ4n) is 10.2. The Morgan fingerprint density at radius 3 is 2.13 bits per heavy atom. The Hall–Kier alpha value is -4.43. The van der Waals surface area contributed by atoms with Crippen LogP contribution in [0.25, 0.3) is 0 Å². The van der Waals surface area contributed by atoms with Crippen molar-refractivity contribution >= 4 is 49.9 Å². The fraction of sp³-hybridized carbons (Fsp3) is 0.519. The van der Waals surface area contributed by atoms with Crippen LogP contribution in [0.5, 0.6) is 11.5 Å². The van der Waals surface area contributed by atoms with Gasteiger partial charge < -0.3 is 32.7 Å². The van der Waals surface area contributed by atoms with E-state index < -0.39 is 93.8 Å². The number of hydrogen-bond donors (Lipinski definition) is 1. The zero-order chi connectivity index (χ0) is 54.5. The number of phosphoric ester groups is 1. The molecule has 0 saturated carbocycles. The van der Waals surface area contributed by atoms with E-state index in [-0.39, 0.29) is 50.3 Å². The highest BCUT2D eigenvalue weighted by Crippen LogP contribution is 2.56. The van der Waals surface area contributed by atoms with E-state index in [1.54, 1.807) is 34.3 Å². The molecular weight excluding hydrogens is 1060 g/mol. The Kier molecular flexibility index (Phi) is 18.8. The number of ether oxygens (including phenoxy) is 5. The third-order valence-electron chi connectivity index (χ3n) is 13.8. The van der Waals surface area contributed by atoms with Crippen molar-refractivity contribution in [2.45, 2.75) is 126 Å². The van der Waals surface area contributed by atoms with Crippen LogP contribution in [0.4, 0.5) is 4.79 Å². The monoisotopic (exact) mass is 1120 g/mol. The van der Waals surface area contributed by atoms with Gasteiger partial charge >= 0.3 is 19.5 Å². The van der Waals surface area contributed by atoms with E-state index in [1.807, 2.05) is 113 Å². The minimum absolute atomic E-state index is 0.0393. The molecule has 76 heavy (non-hydrogen) atoms. The predicted octanol–water partition coefficient (Wildman–Crippen LogP) is 9.17. The van der Waals surface area contributed by atoms with Crippen LogP contribution in [0.2, 0.25) is 0 Å². The number of amides is 3. The van der Waals surface area contributed by atoms with Gasteiger partial charge in [-0.3, -0.25) is 33.1 Å². The molecule has 24 heteroatoms. The molecule has 1 N–H and O–H groups in total. The van der Waals surface area contributed by atoms with Gasteiger partial charge in [-0.15, -0.1) is 0 Å². The highest BCUT2D eigenvalue weighted by atomic mass is 33.1. The third-order valence-corrected chi connectivity index (χ3v) is 19.8. The van der Waals surface area contributed by atoms with Crippen molar-refractivity contribution in [3.63, 3.8) is 0 Å². The van der Waals surface area contributed by atoms with Crippen molar-refractivity contribution in [1.29, 1.82) is 5.26 Å². The number of nitrogens with zero attached hydrogens (tertiary/aromatic N) is 5. The number of urea groups is 1. The first-order valence-corrected chi connectivity index (χ1v) is 30.1. The number of nitriles is 1. The maximum Gasteiger partial charge on any atom is 0.474 e. The van der Waals surface area contributed by atoms with Gasteiger partial charge in [-0.2, -0.15) is 10.2 Å². The van der Waals surface area contributed by atoms with Gasteiger partial charge in [0.2, 0.25) is 5.91 Å². The molecule has 3 fully saturated rings. The summed E-state index contributed by atoms with van der Waals surface area (Å²) in [6.07, 6.45) is -2.79. The normalized spacial score (nSPS) is 27.2. The van der Waals surface area contributed by atoms with Crippen LogP contribution in [-0.4, -0.2) is 126 Å². The Morgan fingerprint density at radius 1 is 0.921 bits per heavy atom. The molecule has 5 aliphatic rings. The zero-order valence-corrected chi connectivity index (χ0v) is 47.6. The summed E-state index contributed by atoms with van der Waals surface area (Å²) >= 11 is 0. The molecule has 3 aromatic carbocycles. The second kappa shape index (κ2) is 24.7. The molecule has 10 atom stereocenters. The lowest BCUT2D eigenvalue weighted by atomic mass is 9.80. The first kappa shape index (κ1) is 57.7. The van der Waals surface area contributed by atoms with Gasteiger partial charge in [0, 0.05) is 38.2 Å². The van der Waals surface area contributed by atoms with Crippen molar-refractivity contribution in [1.82, 2.24) is 24.4 Å². The van der Waals surface area contributed by atoms with Crippen molar-refractivity contribution in [3.8, 4) is 17.6 Å². The number of hydrogen-bond acceptors (Lipinski definition) is 19. The predicted molar refractivity (Wildman–Crippen MR) is 286 cm³/mol. The Labute approximate surface area is 452 Å². The van der Waals surface area contributed by atoms with Gasteiger partial charge in [0.05, 0.1) is 58.3 Å². The van der Waals surface area contributed by atoms with Crippen LogP contribution in [0.1, 0.15) is 94.1 Å². The third kappa shape index (κ3) is 11.8. The molecule has 3 unspecified atom stereocenters. The summed E-state index contributed by atoms with van der Waals surface area (Å²) in [5, 5.41) is 12.0. The van der Waals surface area contributed by atoms with Gasteiger partial charge in [-0.1, -0.05) is 76.2 Å². The first-order chi connectivity index (χ1) is 36.4. The number of rotatable bonds is 19. The van der Waals surface area contributed by atoms with E-state index in [2.05, 4.69) is 21.0 Å². The number of carbonyl (C=O) groups is 2. The Morgan fingerprint density at radius 2 is 1.55 bits per heavy atom. The van der Waals surface area contributed by atoms with Crippen LogP contribution in [0.3, 0.4) is 0 Å². The average molecular weight is 1130 g/mol. The molecule has 3 amide bonds. The van der Waals surface area contributed by atoms with E-state index >= 15 is 4.57 Å². The summed E-state index contributed by atoms with van der Waals surface area (Å²) < 4.78 is 80.6. The number of carbonyl (C=O) groups excluding carboxylic acids is 2. The second-order valence-electron chi connectivity index (χ2n) is 19.2.